The molecule has 0 saturated heterocycles. The van der Waals surface area contributed by atoms with E-state index in [-0.39, 0.29) is 0 Å². The second-order valence-electron chi connectivity index (χ2n) is 4.81. The van der Waals surface area contributed by atoms with Gasteiger partial charge in [-0.15, -0.1) is 23.1 Å². The molecule has 2 aromatic heterocycles. The van der Waals surface area contributed by atoms with Gasteiger partial charge in [0.25, 0.3) is 0 Å². The lowest BCUT2D eigenvalue weighted by atomic mass is 10.0. The molecule has 20 heavy (non-hydrogen) atoms. The molecular weight excluding hydrogens is 282 g/mol. The van der Waals surface area contributed by atoms with Crippen molar-refractivity contribution in [2.75, 3.05) is 6.26 Å². The van der Waals surface area contributed by atoms with Crippen LogP contribution in [0.1, 0.15) is 11.1 Å². The van der Waals surface area contributed by atoms with E-state index in [1.165, 1.54) is 32.2 Å². The van der Waals surface area contributed by atoms with Crippen molar-refractivity contribution in [1.29, 1.82) is 0 Å². The van der Waals surface area contributed by atoms with Gasteiger partial charge in [0.1, 0.15) is 0 Å². The van der Waals surface area contributed by atoms with Crippen LogP contribution in [0.2, 0.25) is 0 Å². The predicted molar refractivity (Wildman–Crippen MR) is 90.3 cm³/mol. The summed E-state index contributed by atoms with van der Waals surface area (Å²) in [6.45, 7) is 4.41. The SMILES string of the molecule is CSc1c(C)c(C)cc(-n2cccc2)c1-c1cccs1. The van der Waals surface area contributed by atoms with Gasteiger partial charge in [-0.05, 0) is 60.9 Å². The highest BCUT2D eigenvalue weighted by Gasteiger charge is 2.16. The van der Waals surface area contributed by atoms with Crippen LogP contribution in [-0.2, 0) is 0 Å². The van der Waals surface area contributed by atoms with Crippen LogP contribution in [0, 0.1) is 13.8 Å². The maximum absolute atomic E-state index is 2.30. The van der Waals surface area contributed by atoms with Crippen molar-refractivity contribution in [3.8, 4) is 16.1 Å². The van der Waals surface area contributed by atoms with Crippen molar-refractivity contribution in [2.24, 2.45) is 0 Å². The van der Waals surface area contributed by atoms with Gasteiger partial charge in [-0.2, -0.15) is 0 Å². The summed E-state index contributed by atoms with van der Waals surface area (Å²) in [6.07, 6.45) is 6.40. The first-order valence-electron chi connectivity index (χ1n) is 6.57. The Balaban J connectivity index is 2.36. The van der Waals surface area contributed by atoms with Gasteiger partial charge < -0.3 is 4.57 Å². The molecule has 0 bridgehead atoms. The van der Waals surface area contributed by atoms with E-state index >= 15 is 0 Å². The molecular formula is C17H17NS2. The van der Waals surface area contributed by atoms with Crippen LogP contribution in [0.25, 0.3) is 16.1 Å². The molecule has 0 radical (unpaired) electrons. The van der Waals surface area contributed by atoms with Crippen molar-refractivity contribution in [2.45, 2.75) is 18.7 Å². The van der Waals surface area contributed by atoms with Crippen LogP contribution >= 0.6 is 23.1 Å². The number of benzene rings is 1. The second kappa shape index (κ2) is 5.51. The van der Waals surface area contributed by atoms with Gasteiger partial charge in [-0.3, -0.25) is 0 Å². The molecule has 1 nitrogen and oxygen atoms in total. The lowest BCUT2D eigenvalue weighted by Gasteiger charge is -2.18. The van der Waals surface area contributed by atoms with Crippen molar-refractivity contribution >= 4 is 23.1 Å². The summed E-state index contributed by atoms with van der Waals surface area (Å²) in [6, 6.07) is 10.8. The molecule has 3 rings (SSSR count). The molecule has 3 aromatic rings. The largest absolute Gasteiger partial charge is 0.323 e. The van der Waals surface area contributed by atoms with E-state index in [1.54, 1.807) is 11.3 Å². The van der Waals surface area contributed by atoms with Gasteiger partial charge in [0.15, 0.2) is 0 Å². The highest BCUT2D eigenvalue weighted by molar-refractivity contribution is 7.98. The number of aromatic nitrogens is 1. The Morgan fingerprint density at radius 2 is 1.85 bits per heavy atom. The standard InChI is InChI=1S/C17H17NS2/c1-12-11-14(18-8-4-5-9-18)16(15-7-6-10-20-15)17(19-3)13(12)2/h4-11H,1-3H3. The maximum atomic E-state index is 2.30. The third kappa shape index (κ3) is 2.21. The minimum absolute atomic E-state index is 1.27. The number of rotatable bonds is 3. The highest BCUT2D eigenvalue weighted by Crippen LogP contribution is 2.41. The van der Waals surface area contributed by atoms with Crippen LogP contribution in [-0.4, -0.2) is 10.8 Å². The highest BCUT2D eigenvalue weighted by atomic mass is 32.2. The Kier molecular flexibility index (Phi) is 3.72. The fraction of sp³-hybridized carbons (Fsp3) is 0.176. The molecule has 3 heteroatoms. The molecule has 0 fully saturated rings. The van der Waals surface area contributed by atoms with Gasteiger partial charge in [-0.1, -0.05) is 6.07 Å². The van der Waals surface area contributed by atoms with E-state index in [0.29, 0.717) is 0 Å². The minimum Gasteiger partial charge on any atom is -0.323 e. The summed E-state index contributed by atoms with van der Waals surface area (Å²) in [5.41, 5.74) is 5.35. The quantitative estimate of drug-likeness (QED) is 0.574. The predicted octanol–water partition coefficient (Wildman–Crippen LogP) is 5.54. The number of thioether (sulfide) groups is 1. The van der Waals surface area contributed by atoms with E-state index in [9.17, 15) is 0 Å². The molecule has 0 aliphatic carbocycles. The minimum atomic E-state index is 1.27. The van der Waals surface area contributed by atoms with Crippen molar-refractivity contribution in [1.82, 2.24) is 4.57 Å². The topological polar surface area (TPSA) is 4.93 Å². The zero-order valence-corrected chi connectivity index (χ0v) is 13.5. The number of hydrogen-bond acceptors (Lipinski definition) is 2. The third-order valence-electron chi connectivity index (χ3n) is 3.62. The second-order valence-corrected chi connectivity index (χ2v) is 6.58. The molecule has 0 atom stereocenters. The van der Waals surface area contributed by atoms with Crippen LogP contribution in [0.4, 0.5) is 0 Å². The van der Waals surface area contributed by atoms with E-state index in [0.717, 1.165) is 0 Å². The van der Waals surface area contributed by atoms with Crippen molar-refractivity contribution in [3.63, 3.8) is 0 Å². The van der Waals surface area contributed by atoms with Gasteiger partial charge in [0.2, 0.25) is 0 Å². The van der Waals surface area contributed by atoms with Crippen LogP contribution in [0.15, 0.2) is 53.0 Å². The molecule has 0 aliphatic rings. The molecule has 2 heterocycles. The molecule has 0 unspecified atom stereocenters. The monoisotopic (exact) mass is 299 g/mol. The number of thiophene rings is 1. The van der Waals surface area contributed by atoms with Gasteiger partial charge >= 0.3 is 0 Å². The van der Waals surface area contributed by atoms with Crippen LogP contribution in [0.3, 0.4) is 0 Å². The summed E-state index contributed by atoms with van der Waals surface area (Å²) in [7, 11) is 0. The number of hydrogen-bond donors (Lipinski definition) is 0. The van der Waals surface area contributed by atoms with E-state index in [4.69, 9.17) is 0 Å². The molecule has 0 amide bonds. The van der Waals surface area contributed by atoms with Gasteiger partial charge in [0, 0.05) is 27.7 Å². The fourth-order valence-electron chi connectivity index (χ4n) is 2.48. The number of aryl methyl sites for hydroxylation is 1. The first-order chi connectivity index (χ1) is 9.72. The Morgan fingerprint density at radius 3 is 2.45 bits per heavy atom. The molecule has 0 saturated carbocycles. The zero-order chi connectivity index (χ0) is 14.1. The van der Waals surface area contributed by atoms with E-state index in [2.05, 4.69) is 72.8 Å². The smallest absolute Gasteiger partial charge is 0.0550 e. The van der Waals surface area contributed by atoms with Gasteiger partial charge in [-0.25, -0.2) is 0 Å². The maximum Gasteiger partial charge on any atom is 0.0550 e. The Morgan fingerprint density at radius 1 is 1.10 bits per heavy atom. The first-order valence-corrected chi connectivity index (χ1v) is 8.68. The molecule has 0 spiro atoms. The van der Waals surface area contributed by atoms with Gasteiger partial charge in [0.05, 0.1) is 5.69 Å². The van der Waals surface area contributed by atoms with Crippen LogP contribution < -0.4 is 0 Å². The average molecular weight is 299 g/mol. The molecule has 0 N–H and O–H groups in total. The molecule has 0 aliphatic heterocycles. The van der Waals surface area contributed by atoms with Crippen LogP contribution in [0.5, 0.6) is 0 Å². The summed E-state index contributed by atoms with van der Waals surface area (Å²) in [4.78, 5) is 2.72. The summed E-state index contributed by atoms with van der Waals surface area (Å²) in [5, 5.41) is 2.15. The Bertz CT molecular complexity index is 710. The molecule has 102 valence electrons. The Hall–Kier alpha value is -1.45. The lowest BCUT2D eigenvalue weighted by molar-refractivity contribution is 1.06. The first kappa shape index (κ1) is 13.5. The summed E-state index contributed by atoms with van der Waals surface area (Å²) >= 11 is 3.64. The van der Waals surface area contributed by atoms with Crippen molar-refractivity contribution in [3.05, 3.63) is 59.2 Å². The summed E-state index contributed by atoms with van der Waals surface area (Å²) in [5.74, 6) is 0. The number of nitrogens with zero attached hydrogens (tertiary/aromatic N) is 1. The van der Waals surface area contributed by atoms with Crippen molar-refractivity contribution < 1.29 is 0 Å². The third-order valence-corrected chi connectivity index (χ3v) is 5.43. The zero-order valence-electron chi connectivity index (χ0n) is 11.9. The van der Waals surface area contributed by atoms with E-state index < -0.39 is 0 Å². The van der Waals surface area contributed by atoms with E-state index in [1.807, 2.05) is 11.8 Å². The lowest BCUT2D eigenvalue weighted by Crippen LogP contribution is -1.99. The molecule has 1 aromatic carbocycles. The Labute approximate surface area is 128 Å². The normalized spacial score (nSPS) is 10.9. The summed E-state index contributed by atoms with van der Waals surface area (Å²) < 4.78 is 2.21. The fourth-order valence-corrected chi connectivity index (χ4v) is 4.22. The average Bonchev–Trinajstić information content (AvgIpc) is 3.13.